The molecule has 1 unspecified atom stereocenters. The van der Waals surface area contributed by atoms with Gasteiger partial charge in [-0.25, -0.2) is 8.78 Å². The Kier molecular flexibility index (Phi) is 7.64. The first-order chi connectivity index (χ1) is 22.0. The molecule has 3 aromatic heterocycles. The lowest BCUT2D eigenvalue weighted by Crippen LogP contribution is -2.50. The summed E-state index contributed by atoms with van der Waals surface area (Å²) in [6.45, 7) is 4.64. The average Bonchev–Trinajstić information content (AvgIpc) is 3.68. The van der Waals surface area contributed by atoms with Gasteiger partial charge >= 0.3 is 12.2 Å². The second kappa shape index (κ2) is 11.4. The third-order valence-electron chi connectivity index (χ3n) is 9.45. The number of nitrogens with two attached hydrogens (primary N) is 1. The molecule has 0 aliphatic carbocycles. The highest BCUT2D eigenvalue weighted by atomic mass is 32.1. The van der Waals surface area contributed by atoms with Gasteiger partial charge in [0.05, 0.1) is 32.4 Å². The number of piperazine rings is 1. The van der Waals surface area contributed by atoms with E-state index < -0.39 is 40.5 Å². The summed E-state index contributed by atoms with van der Waals surface area (Å²) in [7, 11) is 0. The molecule has 0 spiro atoms. The Labute approximate surface area is 265 Å². The molecule has 6 heterocycles. The zero-order valence-corrected chi connectivity index (χ0v) is 25.7. The molecule has 9 nitrogen and oxygen atoms in total. The number of hydrogen-bond donors (Lipinski definition) is 2. The minimum Gasteiger partial charge on any atom is -0.461 e. The number of fused-ring (bicyclic) bond motifs is 3. The molecule has 46 heavy (non-hydrogen) atoms. The monoisotopic (exact) mass is 658 g/mol. The number of thiophene rings is 1. The van der Waals surface area contributed by atoms with E-state index in [0.29, 0.717) is 32.6 Å². The summed E-state index contributed by atoms with van der Waals surface area (Å²) in [4.78, 5) is 17.2. The molecule has 0 amide bonds. The van der Waals surface area contributed by atoms with Crippen LogP contribution in [-0.2, 0) is 6.18 Å². The van der Waals surface area contributed by atoms with Crippen molar-refractivity contribution in [3.63, 3.8) is 0 Å². The Hall–Kier alpha value is -3.87. The van der Waals surface area contributed by atoms with Crippen molar-refractivity contribution in [3.05, 3.63) is 35.3 Å². The fourth-order valence-electron chi connectivity index (χ4n) is 7.27. The maximum absolute atomic E-state index is 15.2. The summed E-state index contributed by atoms with van der Waals surface area (Å²) in [6.07, 6.45) is -2.03. The first-order valence-corrected chi connectivity index (χ1v) is 16.0. The van der Waals surface area contributed by atoms with Crippen molar-refractivity contribution >= 4 is 43.1 Å². The van der Waals surface area contributed by atoms with Crippen molar-refractivity contribution in [1.82, 2.24) is 25.2 Å². The molecule has 15 heteroatoms. The number of benzene rings is 1. The highest BCUT2D eigenvalue weighted by molar-refractivity contribution is 7.23. The van der Waals surface area contributed by atoms with Gasteiger partial charge in [-0.15, -0.1) is 11.3 Å². The first kappa shape index (κ1) is 30.8. The highest BCUT2D eigenvalue weighted by Gasteiger charge is 2.49. The van der Waals surface area contributed by atoms with E-state index in [2.05, 4.69) is 20.3 Å². The van der Waals surface area contributed by atoms with Crippen molar-refractivity contribution in [3.8, 4) is 23.3 Å². The highest BCUT2D eigenvalue weighted by Crippen LogP contribution is 2.47. The van der Waals surface area contributed by atoms with E-state index in [9.17, 15) is 14.0 Å². The van der Waals surface area contributed by atoms with E-state index in [4.69, 9.17) is 10.5 Å². The molecule has 3 aliphatic rings. The molecule has 3 fully saturated rings. The number of nitriles is 1. The third kappa shape index (κ3) is 5.07. The number of aromatic nitrogens is 3. The maximum atomic E-state index is 15.2. The number of nitrogens with one attached hydrogen (secondary N) is 1. The van der Waals surface area contributed by atoms with Crippen molar-refractivity contribution in [2.45, 2.75) is 56.5 Å². The Morgan fingerprint density at radius 2 is 2.07 bits per heavy atom. The van der Waals surface area contributed by atoms with Gasteiger partial charge in [0.15, 0.2) is 0 Å². The van der Waals surface area contributed by atoms with Crippen LogP contribution < -0.4 is 20.7 Å². The molecule has 7 rings (SSSR count). The fourth-order valence-corrected chi connectivity index (χ4v) is 8.22. The van der Waals surface area contributed by atoms with Crippen molar-refractivity contribution in [2.24, 2.45) is 0 Å². The van der Waals surface area contributed by atoms with Crippen molar-refractivity contribution in [2.75, 3.05) is 50.0 Å². The third-order valence-corrected chi connectivity index (χ3v) is 10.5. The van der Waals surface area contributed by atoms with E-state index in [0.717, 1.165) is 36.8 Å². The summed E-state index contributed by atoms with van der Waals surface area (Å²) >= 11 is 0.790. The molecule has 3 N–H and O–H groups in total. The quantitative estimate of drug-likeness (QED) is 0.253. The molecule has 0 radical (unpaired) electrons. The predicted octanol–water partition coefficient (Wildman–Crippen LogP) is 5.66. The summed E-state index contributed by atoms with van der Waals surface area (Å²) in [5.41, 5.74) is 3.10. The topological polar surface area (TPSA) is 116 Å². The second-order valence-corrected chi connectivity index (χ2v) is 13.2. The maximum Gasteiger partial charge on any atom is 0.420 e. The lowest BCUT2D eigenvalue weighted by molar-refractivity contribution is -0.136. The predicted molar refractivity (Wildman–Crippen MR) is 165 cm³/mol. The van der Waals surface area contributed by atoms with Crippen LogP contribution in [-0.4, -0.2) is 76.9 Å². The van der Waals surface area contributed by atoms with Gasteiger partial charge in [0.25, 0.3) is 0 Å². The zero-order valence-electron chi connectivity index (χ0n) is 24.9. The van der Waals surface area contributed by atoms with Crippen LogP contribution in [0.2, 0.25) is 0 Å². The van der Waals surface area contributed by atoms with Crippen molar-refractivity contribution < 1.29 is 26.7 Å². The Morgan fingerprint density at radius 3 is 2.83 bits per heavy atom. The fraction of sp³-hybridized carbons (Fsp3) is 0.484. The number of rotatable bonds is 6. The van der Waals surface area contributed by atoms with Gasteiger partial charge in [0.2, 0.25) is 0 Å². The van der Waals surface area contributed by atoms with E-state index in [-0.39, 0.29) is 62.5 Å². The molecule has 242 valence electrons. The second-order valence-electron chi connectivity index (χ2n) is 12.2. The van der Waals surface area contributed by atoms with Crippen LogP contribution in [0.25, 0.3) is 32.2 Å². The number of hydrogen-bond acceptors (Lipinski definition) is 10. The molecule has 1 aromatic carbocycles. The lowest BCUT2D eigenvalue weighted by atomic mass is 9.95. The average molecular weight is 659 g/mol. The van der Waals surface area contributed by atoms with Crippen LogP contribution in [0.5, 0.6) is 6.01 Å². The van der Waals surface area contributed by atoms with Crippen LogP contribution >= 0.6 is 11.3 Å². The first-order valence-electron chi connectivity index (χ1n) is 15.2. The summed E-state index contributed by atoms with van der Waals surface area (Å²) < 4.78 is 81.0. The molecular weight excluding hydrogens is 627 g/mol. The molecule has 3 atom stereocenters. The van der Waals surface area contributed by atoms with Crippen LogP contribution in [0.1, 0.15) is 43.7 Å². The van der Waals surface area contributed by atoms with E-state index in [1.165, 1.54) is 12.3 Å². The summed E-state index contributed by atoms with van der Waals surface area (Å²) in [5, 5.41) is 13.2. The number of pyridine rings is 1. The smallest absolute Gasteiger partial charge is 0.420 e. The number of alkyl halides is 4. The standard InChI is InChI=1S/C31H31F5N8OS/c1-2-17-14-43(9-7-39-17)28-20-12-40-24(18-4-5-21(33)26-22(18)19(11-37)27(38)46-26)23(31(34,35)36)25(20)41-29(42-28)45-15-30-6-3-8-44(30)13-16(32)10-30/h4-5,12,16-17,39H,2-3,6-10,13-15,38H2,1H3/t16-,17?,30+/m1/s1. The van der Waals surface area contributed by atoms with Gasteiger partial charge in [-0.05, 0) is 37.9 Å². The molecule has 0 bridgehead atoms. The number of halogens is 5. The molecule has 3 aliphatic heterocycles. The lowest BCUT2D eigenvalue weighted by Gasteiger charge is -2.35. The molecule has 4 aromatic rings. The minimum atomic E-state index is -4.97. The van der Waals surface area contributed by atoms with Crippen LogP contribution in [0, 0.1) is 17.1 Å². The Bertz CT molecular complexity index is 1880. The largest absolute Gasteiger partial charge is 0.461 e. The van der Waals surface area contributed by atoms with Crippen LogP contribution in [0.15, 0.2) is 18.3 Å². The SMILES string of the molecule is CCC1CN(c2nc(OC[C@@]34CCCN3C[C@H](F)C4)nc3c(C(F)(F)F)c(-c4ccc(F)c5sc(N)c(C#N)c45)ncc23)CCN1. The van der Waals surface area contributed by atoms with E-state index in [1.807, 2.05) is 22.8 Å². The molecular formula is C31H31F5N8OS. The van der Waals surface area contributed by atoms with Gasteiger partial charge < -0.3 is 20.7 Å². The number of anilines is 2. The number of nitrogen functional groups attached to an aromatic ring is 1. The van der Waals surface area contributed by atoms with E-state index >= 15 is 13.2 Å². The Morgan fingerprint density at radius 1 is 1.24 bits per heavy atom. The number of ether oxygens (including phenoxy) is 1. The van der Waals surface area contributed by atoms with Gasteiger partial charge in [-0.3, -0.25) is 9.88 Å². The van der Waals surface area contributed by atoms with Gasteiger partial charge in [0.1, 0.15) is 41.0 Å². The van der Waals surface area contributed by atoms with Crippen LogP contribution in [0.3, 0.4) is 0 Å². The van der Waals surface area contributed by atoms with E-state index in [1.54, 1.807) is 0 Å². The minimum absolute atomic E-state index is 0.00885. The zero-order chi connectivity index (χ0) is 32.4. The van der Waals surface area contributed by atoms with Crippen molar-refractivity contribution in [1.29, 1.82) is 5.26 Å². The summed E-state index contributed by atoms with van der Waals surface area (Å²) in [6, 6.07) is 3.96. The molecule has 3 saturated heterocycles. The number of nitrogens with zero attached hydrogens (tertiary/aromatic N) is 6. The normalized spacial score (nSPS) is 23.7. The van der Waals surface area contributed by atoms with Gasteiger partial charge in [-0.1, -0.05) is 6.92 Å². The van der Waals surface area contributed by atoms with Crippen LogP contribution in [0.4, 0.5) is 32.8 Å². The van der Waals surface area contributed by atoms with Gasteiger partial charge in [-0.2, -0.15) is 28.4 Å². The Balaban J connectivity index is 1.44. The molecule has 0 saturated carbocycles. The van der Waals surface area contributed by atoms with Gasteiger partial charge in [0, 0.05) is 55.8 Å². The summed E-state index contributed by atoms with van der Waals surface area (Å²) in [5.74, 6) is -0.458.